The molecule has 0 radical (unpaired) electrons. The summed E-state index contributed by atoms with van der Waals surface area (Å²) < 4.78 is 5.15. The second kappa shape index (κ2) is 11.0. The van der Waals surface area contributed by atoms with Gasteiger partial charge in [0.25, 0.3) is 0 Å². The topological polar surface area (TPSA) is 67.3 Å². The molecule has 2 aromatic carbocycles. The number of benzene rings is 2. The molecule has 0 spiro atoms. The molecular weight excluding hydrogens is 420 g/mol. The maximum atomic E-state index is 12.4. The van der Waals surface area contributed by atoms with Crippen molar-refractivity contribution in [2.24, 2.45) is 5.92 Å². The van der Waals surface area contributed by atoms with E-state index in [4.69, 9.17) is 4.74 Å². The number of aromatic nitrogens is 2. The fourth-order valence-electron chi connectivity index (χ4n) is 3.94. The lowest BCUT2D eigenvalue weighted by molar-refractivity contribution is -0.113. The van der Waals surface area contributed by atoms with Gasteiger partial charge >= 0.3 is 0 Å². The third-order valence-corrected chi connectivity index (χ3v) is 6.61. The number of anilines is 2. The van der Waals surface area contributed by atoms with Gasteiger partial charge in [0.1, 0.15) is 10.8 Å². The molecule has 0 saturated carbocycles. The normalized spacial score (nSPS) is 14.2. The van der Waals surface area contributed by atoms with Gasteiger partial charge in [-0.1, -0.05) is 42.1 Å². The Morgan fingerprint density at radius 3 is 2.50 bits per heavy atom. The van der Waals surface area contributed by atoms with Crippen molar-refractivity contribution < 1.29 is 9.53 Å². The van der Waals surface area contributed by atoms with Gasteiger partial charge in [0.15, 0.2) is 5.82 Å². The zero-order valence-electron chi connectivity index (χ0n) is 18.2. The number of ether oxygens (including phenoxy) is 1. The van der Waals surface area contributed by atoms with E-state index in [1.165, 1.54) is 17.3 Å². The van der Waals surface area contributed by atoms with Gasteiger partial charge in [0.05, 0.1) is 12.9 Å². The number of nitrogens with one attached hydrogen (secondary N) is 1. The van der Waals surface area contributed by atoms with Crippen LogP contribution in [0.15, 0.2) is 72.0 Å². The Morgan fingerprint density at radius 1 is 1.06 bits per heavy atom. The highest BCUT2D eigenvalue weighted by Gasteiger charge is 2.23. The van der Waals surface area contributed by atoms with Crippen molar-refractivity contribution in [2.75, 3.05) is 36.2 Å². The summed E-state index contributed by atoms with van der Waals surface area (Å²) in [5, 5.41) is 3.72. The Bertz CT molecular complexity index is 1010. The SMILES string of the molecule is COc1ccc(NC(=O)CSc2nccnc2N2CCC(Cc3ccccc3)CC2)cc1. The quantitative estimate of drug-likeness (QED) is 0.505. The van der Waals surface area contributed by atoms with E-state index < -0.39 is 0 Å². The van der Waals surface area contributed by atoms with Gasteiger partial charge in [-0.25, -0.2) is 9.97 Å². The van der Waals surface area contributed by atoms with Crippen LogP contribution in [0.1, 0.15) is 18.4 Å². The van der Waals surface area contributed by atoms with Crippen LogP contribution < -0.4 is 15.0 Å². The molecule has 0 unspecified atom stereocenters. The van der Waals surface area contributed by atoms with Crippen molar-refractivity contribution in [3.63, 3.8) is 0 Å². The van der Waals surface area contributed by atoms with Crippen molar-refractivity contribution in [1.29, 1.82) is 0 Å². The summed E-state index contributed by atoms with van der Waals surface area (Å²) in [5.74, 6) is 2.54. The maximum Gasteiger partial charge on any atom is 0.234 e. The summed E-state index contributed by atoms with van der Waals surface area (Å²) in [4.78, 5) is 23.8. The van der Waals surface area contributed by atoms with E-state index in [0.29, 0.717) is 5.92 Å². The van der Waals surface area contributed by atoms with Crippen LogP contribution in [0.5, 0.6) is 5.75 Å². The summed E-state index contributed by atoms with van der Waals surface area (Å²) in [7, 11) is 1.62. The third-order valence-electron chi connectivity index (χ3n) is 5.64. The Kier molecular flexibility index (Phi) is 7.61. The number of nitrogens with zero attached hydrogens (tertiary/aromatic N) is 3. The molecular formula is C25H28N4O2S. The van der Waals surface area contributed by atoms with Gasteiger partial charge < -0.3 is 15.0 Å². The van der Waals surface area contributed by atoms with Crippen LogP contribution in [0.2, 0.25) is 0 Å². The van der Waals surface area contributed by atoms with E-state index in [0.717, 1.165) is 54.6 Å². The lowest BCUT2D eigenvalue weighted by atomic mass is 9.90. The van der Waals surface area contributed by atoms with Crippen LogP contribution in [0.25, 0.3) is 0 Å². The van der Waals surface area contributed by atoms with E-state index in [1.807, 2.05) is 24.3 Å². The molecule has 4 rings (SSSR count). The highest BCUT2D eigenvalue weighted by molar-refractivity contribution is 8.00. The van der Waals surface area contributed by atoms with Gasteiger partial charge in [0.2, 0.25) is 5.91 Å². The van der Waals surface area contributed by atoms with Crippen molar-refractivity contribution >= 4 is 29.2 Å². The molecule has 7 heteroatoms. The number of piperidine rings is 1. The van der Waals surface area contributed by atoms with Gasteiger partial charge in [-0.05, 0) is 55.0 Å². The van der Waals surface area contributed by atoms with Gasteiger partial charge in [-0.15, -0.1) is 0 Å². The average molecular weight is 449 g/mol. The van der Waals surface area contributed by atoms with Crippen LogP contribution in [-0.2, 0) is 11.2 Å². The van der Waals surface area contributed by atoms with Gasteiger partial charge in [-0.3, -0.25) is 4.79 Å². The van der Waals surface area contributed by atoms with Crippen molar-refractivity contribution in [3.05, 3.63) is 72.6 Å². The standard InChI is InChI=1S/C25H28N4O2S/c1-31-22-9-7-21(8-10-22)28-23(30)18-32-25-24(26-13-14-27-25)29-15-11-20(12-16-29)17-19-5-3-2-4-6-19/h2-10,13-14,20H,11-12,15-18H2,1H3,(H,28,30). The number of carbonyl (C=O) groups is 1. The Balaban J connectivity index is 1.30. The molecule has 0 bridgehead atoms. The molecule has 0 atom stereocenters. The molecule has 1 aromatic heterocycles. The first-order valence-electron chi connectivity index (χ1n) is 10.9. The van der Waals surface area contributed by atoms with Crippen LogP contribution in [0, 0.1) is 5.92 Å². The van der Waals surface area contributed by atoms with Gasteiger partial charge in [-0.2, -0.15) is 0 Å². The minimum atomic E-state index is -0.0710. The molecule has 6 nitrogen and oxygen atoms in total. The van der Waals surface area contributed by atoms with E-state index in [1.54, 1.807) is 19.5 Å². The number of hydrogen-bond donors (Lipinski definition) is 1. The first-order chi connectivity index (χ1) is 15.7. The Labute approximate surface area is 193 Å². The summed E-state index contributed by atoms with van der Waals surface area (Å²) in [6, 6.07) is 18.0. The largest absolute Gasteiger partial charge is 0.497 e. The first kappa shape index (κ1) is 22.1. The molecule has 166 valence electrons. The molecule has 1 amide bonds. The summed E-state index contributed by atoms with van der Waals surface area (Å²) >= 11 is 1.43. The summed E-state index contributed by atoms with van der Waals surface area (Å²) in [5.41, 5.74) is 2.15. The highest BCUT2D eigenvalue weighted by Crippen LogP contribution is 2.30. The first-order valence-corrected chi connectivity index (χ1v) is 11.9. The number of rotatable bonds is 8. The smallest absolute Gasteiger partial charge is 0.234 e. The number of carbonyl (C=O) groups excluding carboxylic acids is 1. The molecule has 1 fully saturated rings. The van der Waals surface area contributed by atoms with E-state index in [2.05, 4.69) is 50.5 Å². The predicted octanol–water partition coefficient (Wildman–Crippen LogP) is 4.68. The van der Waals surface area contributed by atoms with E-state index in [-0.39, 0.29) is 11.7 Å². The predicted molar refractivity (Wildman–Crippen MR) is 129 cm³/mol. The van der Waals surface area contributed by atoms with E-state index in [9.17, 15) is 4.79 Å². The minimum absolute atomic E-state index is 0.0710. The molecule has 3 aromatic rings. The summed E-state index contributed by atoms with van der Waals surface area (Å²) in [6.45, 7) is 1.92. The average Bonchev–Trinajstić information content (AvgIpc) is 2.85. The molecule has 2 heterocycles. The Morgan fingerprint density at radius 2 is 1.78 bits per heavy atom. The highest BCUT2D eigenvalue weighted by atomic mass is 32.2. The third kappa shape index (κ3) is 6.01. The van der Waals surface area contributed by atoms with Crippen molar-refractivity contribution in [1.82, 2.24) is 9.97 Å². The van der Waals surface area contributed by atoms with Crippen LogP contribution in [-0.4, -0.2) is 41.8 Å². The fourth-order valence-corrected chi connectivity index (χ4v) is 4.72. The number of amides is 1. The lowest BCUT2D eigenvalue weighted by Crippen LogP contribution is -2.35. The van der Waals surface area contributed by atoms with Crippen molar-refractivity contribution in [3.8, 4) is 5.75 Å². The van der Waals surface area contributed by atoms with E-state index >= 15 is 0 Å². The van der Waals surface area contributed by atoms with Crippen molar-refractivity contribution in [2.45, 2.75) is 24.3 Å². The molecule has 0 aliphatic carbocycles. The monoisotopic (exact) mass is 448 g/mol. The van der Waals surface area contributed by atoms with Gasteiger partial charge in [0, 0.05) is 31.2 Å². The zero-order valence-corrected chi connectivity index (χ0v) is 19.1. The van der Waals surface area contributed by atoms with Crippen LogP contribution >= 0.6 is 11.8 Å². The zero-order chi connectivity index (χ0) is 22.2. The molecule has 1 aliphatic heterocycles. The summed E-state index contributed by atoms with van der Waals surface area (Å²) in [6.07, 6.45) is 6.81. The second-order valence-corrected chi connectivity index (χ2v) is 8.83. The van der Waals surface area contributed by atoms with Crippen LogP contribution in [0.3, 0.4) is 0 Å². The minimum Gasteiger partial charge on any atom is -0.497 e. The fraction of sp³-hybridized carbons (Fsp3) is 0.320. The maximum absolute atomic E-state index is 12.4. The molecule has 1 saturated heterocycles. The number of methoxy groups -OCH3 is 1. The van der Waals surface area contributed by atoms with Crippen LogP contribution in [0.4, 0.5) is 11.5 Å². The lowest BCUT2D eigenvalue weighted by Gasteiger charge is -2.33. The number of hydrogen-bond acceptors (Lipinski definition) is 6. The molecule has 1 aliphatic rings. The molecule has 32 heavy (non-hydrogen) atoms. The Hall–Kier alpha value is -3.06. The second-order valence-electron chi connectivity index (χ2n) is 7.87. The molecule has 1 N–H and O–H groups in total. The number of thioether (sulfide) groups is 1.